The number of aliphatic hydroxyl groups is 1. The summed E-state index contributed by atoms with van der Waals surface area (Å²) in [6.45, 7) is 0.149. The lowest BCUT2D eigenvalue weighted by Crippen LogP contribution is -2.28. The largest absolute Gasteiger partial charge is 0.386 e. The monoisotopic (exact) mass is 272 g/mol. The van der Waals surface area contributed by atoms with Gasteiger partial charge in [0.15, 0.2) is 0 Å². The molecule has 0 saturated heterocycles. The highest BCUT2D eigenvalue weighted by Crippen LogP contribution is 2.17. The summed E-state index contributed by atoms with van der Waals surface area (Å²) in [7, 11) is 0. The van der Waals surface area contributed by atoms with Gasteiger partial charge in [0.1, 0.15) is 6.10 Å². The number of hydrogen-bond donors (Lipinski definition) is 2. The number of nitrogens with one attached hydrogen (secondary N) is 1. The second-order valence-electron chi connectivity index (χ2n) is 3.93. The van der Waals surface area contributed by atoms with Crippen LogP contribution in [0.1, 0.15) is 26.9 Å². The van der Waals surface area contributed by atoms with E-state index >= 15 is 0 Å². The minimum absolute atomic E-state index is 0.149. The van der Waals surface area contributed by atoms with Crippen LogP contribution in [0.2, 0.25) is 0 Å². The summed E-state index contributed by atoms with van der Waals surface area (Å²) in [6.07, 6.45) is -0.705. The van der Waals surface area contributed by atoms with E-state index in [4.69, 9.17) is 5.26 Å². The van der Waals surface area contributed by atoms with Gasteiger partial charge in [0.25, 0.3) is 5.91 Å². The van der Waals surface area contributed by atoms with E-state index in [0.29, 0.717) is 11.1 Å². The first-order chi connectivity index (χ1) is 9.20. The average molecular weight is 272 g/mol. The predicted octanol–water partition coefficient (Wildman–Crippen LogP) is 2.08. The molecule has 2 aromatic rings. The van der Waals surface area contributed by atoms with Crippen LogP contribution in [0.25, 0.3) is 0 Å². The van der Waals surface area contributed by atoms with Gasteiger partial charge in [0.05, 0.1) is 11.6 Å². The van der Waals surface area contributed by atoms with E-state index in [0.717, 1.165) is 4.88 Å². The number of thiophene rings is 1. The zero-order chi connectivity index (χ0) is 13.7. The Bertz CT molecular complexity index is 602. The molecule has 5 heteroatoms. The van der Waals surface area contributed by atoms with Crippen molar-refractivity contribution < 1.29 is 9.90 Å². The fourth-order valence-corrected chi connectivity index (χ4v) is 2.31. The van der Waals surface area contributed by atoms with Gasteiger partial charge in [0, 0.05) is 17.0 Å². The van der Waals surface area contributed by atoms with Crippen LogP contribution in [-0.2, 0) is 0 Å². The van der Waals surface area contributed by atoms with Gasteiger partial charge in [-0.25, -0.2) is 0 Å². The van der Waals surface area contributed by atoms with Crippen LogP contribution in [0.5, 0.6) is 0 Å². The van der Waals surface area contributed by atoms with E-state index in [2.05, 4.69) is 5.32 Å². The van der Waals surface area contributed by atoms with Crippen molar-refractivity contribution in [3.8, 4) is 6.07 Å². The lowest BCUT2D eigenvalue weighted by atomic mass is 10.1. The molecule has 1 amide bonds. The van der Waals surface area contributed by atoms with Crippen LogP contribution in [0.15, 0.2) is 41.8 Å². The van der Waals surface area contributed by atoms with Gasteiger partial charge in [0.2, 0.25) is 0 Å². The molecule has 1 unspecified atom stereocenters. The van der Waals surface area contributed by atoms with Crippen LogP contribution in [-0.4, -0.2) is 17.6 Å². The molecular formula is C14H12N2O2S. The molecule has 0 aliphatic rings. The maximum atomic E-state index is 11.9. The number of benzene rings is 1. The number of carbonyl (C=O) groups excluding carboxylic acids is 1. The van der Waals surface area contributed by atoms with Crippen LogP contribution >= 0.6 is 11.3 Å². The van der Waals surface area contributed by atoms with Crippen molar-refractivity contribution in [2.45, 2.75) is 6.10 Å². The maximum absolute atomic E-state index is 11.9. The molecule has 1 aromatic heterocycles. The van der Waals surface area contributed by atoms with Gasteiger partial charge in [-0.1, -0.05) is 12.1 Å². The molecule has 96 valence electrons. The van der Waals surface area contributed by atoms with Gasteiger partial charge in [-0.05, 0) is 29.6 Å². The quantitative estimate of drug-likeness (QED) is 0.895. The van der Waals surface area contributed by atoms with Gasteiger partial charge >= 0.3 is 0 Å². The maximum Gasteiger partial charge on any atom is 0.251 e. The number of nitrogens with zero attached hydrogens (tertiary/aromatic N) is 1. The molecule has 19 heavy (non-hydrogen) atoms. The number of nitriles is 1. The number of amides is 1. The van der Waals surface area contributed by atoms with E-state index in [1.54, 1.807) is 18.2 Å². The molecule has 0 radical (unpaired) electrons. The van der Waals surface area contributed by atoms with Crippen LogP contribution in [0, 0.1) is 11.3 Å². The highest BCUT2D eigenvalue weighted by molar-refractivity contribution is 7.10. The molecule has 4 nitrogen and oxygen atoms in total. The zero-order valence-corrected chi connectivity index (χ0v) is 10.9. The summed E-state index contributed by atoms with van der Waals surface area (Å²) in [5.41, 5.74) is 0.851. The first kappa shape index (κ1) is 13.3. The normalized spacial score (nSPS) is 11.6. The highest BCUT2D eigenvalue weighted by Gasteiger charge is 2.11. The second-order valence-corrected chi connectivity index (χ2v) is 4.91. The van der Waals surface area contributed by atoms with Gasteiger partial charge < -0.3 is 10.4 Å². The van der Waals surface area contributed by atoms with Crippen LogP contribution in [0.3, 0.4) is 0 Å². The summed E-state index contributed by atoms with van der Waals surface area (Å²) >= 11 is 1.44. The number of aliphatic hydroxyl groups excluding tert-OH is 1. The number of hydrogen-bond acceptors (Lipinski definition) is 4. The van der Waals surface area contributed by atoms with Gasteiger partial charge in [-0.2, -0.15) is 5.26 Å². The Hall–Kier alpha value is -2.16. The Kier molecular flexibility index (Phi) is 4.29. The fourth-order valence-electron chi connectivity index (χ4n) is 1.60. The minimum atomic E-state index is -0.705. The highest BCUT2D eigenvalue weighted by atomic mass is 32.1. The Balaban J connectivity index is 1.96. The smallest absolute Gasteiger partial charge is 0.251 e. The number of rotatable bonds is 4. The number of carbonyl (C=O) groups is 1. The van der Waals surface area contributed by atoms with Crippen molar-refractivity contribution in [3.05, 3.63) is 57.8 Å². The van der Waals surface area contributed by atoms with Crippen LogP contribution < -0.4 is 5.32 Å². The van der Waals surface area contributed by atoms with E-state index in [1.165, 1.54) is 17.4 Å². The minimum Gasteiger partial charge on any atom is -0.386 e. The molecule has 2 rings (SSSR count). The molecule has 0 saturated carbocycles. The van der Waals surface area contributed by atoms with E-state index in [9.17, 15) is 9.90 Å². The topological polar surface area (TPSA) is 73.1 Å². The summed E-state index contributed by atoms with van der Waals surface area (Å²) in [6, 6.07) is 12.1. The Morgan fingerprint density at radius 1 is 1.42 bits per heavy atom. The molecule has 0 fully saturated rings. The summed E-state index contributed by atoms with van der Waals surface area (Å²) < 4.78 is 0. The molecule has 2 N–H and O–H groups in total. The first-order valence-corrected chi connectivity index (χ1v) is 6.58. The summed E-state index contributed by atoms with van der Waals surface area (Å²) in [5.74, 6) is -0.298. The van der Waals surface area contributed by atoms with Gasteiger partial charge in [-0.3, -0.25) is 4.79 Å². The average Bonchev–Trinajstić information content (AvgIpc) is 2.98. The van der Waals surface area contributed by atoms with Crippen molar-refractivity contribution in [3.63, 3.8) is 0 Å². The molecule has 1 aromatic carbocycles. The molecule has 0 aliphatic heterocycles. The van der Waals surface area contributed by atoms with Crippen molar-refractivity contribution in [2.75, 3.05) is 6.54 Å². The molecule has 0 spiro atoms. The molecule has 1 atom stereocenters. The Morgan fingerprint density at radius 2 is 2.26 bits per heavy atom. The third-order valence-corrected chi connectivity index (χ3v) is 3.55. The lowest BCUT2D eigenvalue weighted by Gasteiger charge is -2.10. The van der Waals surface area contributed by atoms with Crippen molar-refractivity contribution >= 4 is 17.2 Å². The SMILES string of the molecule is N#Cc1cccc(C(=O)NCC(O)c2cccs2)c1. The molecular weight excluding hydrogens is 260 g/mol. The van der Waals surface area contributed by atoms with Crippen LogP contribution in [0.4, 0.5) is 0 Å². The fraction of sp³-hybridized carbons (Fsp3) is 0.143. The lowest BCUT2D eigenvalue weighted by molar-refractivity contribution is 0.0918. The molecule has 1 heterocycles. The third-order valence-electron chi connectivity index (χ3n) is 2.58. The predicted molar refractivity (Wildman–Crippen MR) is 72.8 cm³/mol. The van der Waals surface area contributed by atoms with Gasteiger partial charge in [-0.15, -0.1) is 11.3 Å². The Morgan fingerprint density at radius 3 is 2.95 bits per heavy atom. The first-order valence-electron chi connectivity index (χ1n) is 5.70. The standard InChI is InChI=1S/C14H12N2O2S/c15-8-10-3-1-4-11(7-10)14(18)16-9-12(17)13-5-2-6-19-13/h1-7,12,17H,9H2,(H,16,18). The van der Waals surface area contributed by atoms with E-state index in [-0.39, 0.29) is 12.5 Å². The third kappa shape index (κ3) is 3.41. The van der Waals surface area contributed by atoms with Crippen molar-refractivity contribution in [2.24, 2.45) is 0 Å². The van der Waals surface area contributed by atoms with E-state index in [1.807, 2.05) is 23.6 Å². The summed E-state index contributed by atoms with van der Waals surface area (Å²) in [4.78, 5) is 12.7. The van der Waals surface area contributed by atoms with Crippen molar-refractivity contribution in [1.82, 2.24) is 5.32 Å². The molecule has 0 bridgehead atoms. The molecule has 0 aliphatic carbocycles. The van der Waals surface area contributed by atoms with Crippen molar-refractivity contribution in [1.29, 1.82) is 5.26 Å². The summed E-state index contributed by atoms with van der Waals surface area (Å²) in [5, 5.41) is 23.1. The second kappa shape index (κ2) is 6.14. The zero-order valence-electron chi connectivity index (χ0n) is 10.0. The Labute approximate surface area is 114 Å². The van der Waals surface area contributed by atoms with E-state index < -0.39 is 6.10 Å².